The molecule has 0 spiro atoms. The van der Waals surface area contributed by atoms with Crippen molar-refractivity contribution in [3.63, 3.8) is 0 Å². The van der Waals surface area contributed by atoms with Crippen LogP contribution in [0.25, 0.3) is 5.65 Å². The Morgan fingerprint density at radius 1 is 1.37 bits per heavy atom. The minimum Gasteiger partial charge on any atom is -0.343 e. The third-order valence-electron chi connectivity index (χ3n) is 3.04. The number of aromatic nitrogens is 6. The number of fused-ring (bicyclic) bond motifs is 1. The van der Waals surface area contributed by atoms with Gasteiger partial charge in [0, 0.05) is 13.2 Å². The van der Waals surface area contributed by atoms with Crippen LogP contribution >= 0.6 is 0 Å². The molecule has 0 fully saturated rings. The first-order chi connectivity index (χ1) is 9.15. The van der Waals surface area contributed by atoms with Crippen molar-refractivity contribution >= 4 is 11.6 Å². The molecular weight excluding hydrogens is 242 g/mol. The van der Waals surface area contributed by atoms with Crippen LogP contribution in [0.2, 0.25) is 0 Å². The maximum Gasteiger partial charge on any atom is 0.243 e. The normalized spacial score (nSPS) is 12.8. The average molecular weight is 257 g/mol. The van der Waals surface area contributed by atoms with Gasteiger partial charge in [-0.3, -0.25) is 0 Å². The van der Waals surface area contributed by atoms with E-state index in [1.165, 1.54) is 0 Å². The molecule has 19 heavy (non-hydrogen) atoms. The maximum absolute atomic E-state index is 4.48. The molecule has 0 bridgehead atoms. The lowest BCUT2D eigenvalue weighted by molar-refractivity contribution is 0.712. The molecule has 0 radical (unpaired) electrons. The van der Waals surface area contributed by atoms with Crippen molar-refractivity contribution in [2.24, 2.45) is 7.05 Å². The highest BCUT2D eigenvalue weighted by Gasteiger charge is 2.14. The van der Waals surface area contributed by atoms with Crippen LogP contribution in [0.3, 0.4) is 0 Å². The van der Waals surface area contributed by atoms with Gasteiger partial charge >= 0.3 is 0 Å². The molecule has 3 aromatic rings. The molecule has 1 unspecified atom stereocenters. The van der Waals surface area contributed by atoms with Crippen LogP contribution < -0.4 is 5.32 Å². The Hall–Kier alpha value is -2.44. The summed E-state index contributed by atoms with van der Waals surface area (Å²) in [5.41, 5.74) is 1.95. The fraction of sp³-hybridized carbons (Fsp3) is 0.333. The van der Waals surface area contributed by atoms with Gasteiger partial charge in [-0.05, 0) is 25.5 Å². The van der Waals surface area contributed by atoms with Crippen LogP contribution in [0.15, 0.2) is 24.7 Å². The largest absolute Gasteiger partial charge is 0.343 e. The summed E-state index contributed by atoms with van der Waals surface area (Å²) in [4.78, 5) is 4.48. The van der Waals surface area contributed by atoms with E-state index >= 15 is 0 Å². The van der Waals surface area contributed by atoms with Crippen LogP contribution in [-0.2, 0) is 7.05 Å². The Morgan fingerprint density at radius 2 is 2.21 bits per heavy atom. The number of hydrogen-bond acceptors (Lipinski definition) is 5. The first-order valence-electron chi connectivity index (χ1n) is 6.07. The van der Waals surface area contributed by atoms with Gasteiger partial charge < -0.3 is 9.88 Å². The first-order valence-corrected chi connectivity index (χ1v) is 6.07. The summed E-state index contributed by atoms with van der Waals surface area (Å²) in [7, 11) is 1.91. The molecule has 98 valence electrons. The standard InChI is InChI=1S/C12H15N7/c1-8-5-4-6-19-10(8)15-12(17-19)14-9(2)11-16-13-7-18(11)3/h4-7,9H,1-3H3,(H,14,17). The topological polar surface area (TPSA) is 72.9 Å². The van der Waals surface area contributed by atoms with Crippen LogP contribution in [0, 0.1) is 6.92 Å². The lowest BCUT2D eigenvalue weighted by atomic mass is 10.3. The molecule has 3 aromatic heterocycles. The lowest BCUT2D eigenvalue weighted by Crippen LogP contribution is -2.12. The van der Waals surface area contributed by atoms with Crippen molar-refractivity contribution in [2.45, 2.75) is 19.9 Å². The number of anilines is 1. The Kier molecular flexibility index (Phi) is 2.66. The van der Waals surface area contributed by atoms with E-state index in [0.29, 0.717) is 5.95 Å². The zero-order valence-electron chi connectivity index (χ0n) is 11.1. The Balaban J connectivity index is 1.89. The number of nitrogens with one attached hydrogen (secondary N) is 1. The van der Waals surface area contributed by atoms with Crippen molar-refractivity contribution < 1.29 is 0 Å². The van der Waals surface area contributed by atoms with Crippen molar-refractivity contribution in [1.82, 2.24) is 29.4 Å². The lowest BCUT2D eigenvalue weighted by Gasteiger charge is -2.10. The smallest absolute Gasteiger partial charge is 0.243 e. The summed E-state index contributed by atoms with van der Waals surface area (Å²) in [5.74, 6) is 1.43. The Labute approximate surface area is 110 Å². The van der Waals surface area contributed by atoms with E-state index in [0.717, 1.165) is 17.0 Å². The highest BCUT2D eigenvalue weighted by Crippen LogP contribution is 2.15. The van der Waals surface area contributed by atoms with Crippen molar-refractivity contribution in [3.8, 4) is 0 Å². The molecule has 0 aliphatic carbocycles. The van der Waals surface area contributed by atoms with E-state index in [1.54, 1.807) is 10.8 Å². The van der Waals surface area contributed by atoms with E-state index in [9.17, 15) is 0 Å². The molecule has 1 N–H and O–H groups in total. The second-order valence-corrected chi connectivity index (χ2v) is 4.56. The minimum atomic E-state index is -0.00906. The van der Waals surface area contributed by atoms with Gasteiger partial charge in [0.25, 0.3) is 0 Å². The van der Waals surface area contributed by atoms with E-state index in [1.807, 2.05) is 43.8 Å². The van der Waals surface area contributed by atoms with E-state index < -0.39 is 0 Å². The van der Waals surface area contributed by atoms with E-state index in [2.05, 4.69) is 25.6 Å². The van der Waals surface area contributed by atoms with Gasteiger partial charge in [-0.25, -0.2) is 4.52 Å². The van der Waals surface area contributed by atoms with Gasteiger partial charge in [-0.15, -0.1) is 15.3 Å². The maximum atomic E-state index is 4.48. The monoisotopic (exact) mass is 257 g/mol. The molecule has 7 heteroatoms. The van der Waals surface area contributed by atoms with Crippen LogP contribution in [-0.4, -0.2) is 29.4 Å². The number of aryl methyl sites for hydroxylation is 2. The summed E-state index contributed by atoms with van der Waals surface area (Å²) in [5, 5.41) is 15.6. The molecule has 1 atom stereocenters. The second-order valence-electron chi connectivity index (χ2n) is 4.56. The highest BCUT2D eigenvalue weighted by molar-refractivity contribution is 5.50. The minimum absolute atomic E-state index is 0.00906. The summed E-state index contributed by atoms with van der Waals surface area (Å²) in [6, 6.07) is 3.96. The van der Waals surface area contributed by atoms with Crippen LogP contribution in [0.1, 0.15) is 24.4 Å². The summed E-state index contributed by atoms with van der Waals surface area (Å²) >= 11 is 0. The summed E-state index contributed by atoms with van der Waals surface area (Å²) < 4.78 is 3.64. The molecule has 7 nitrogen and oxygen atoms in total. The number of hydrogen-bond donors (Lipinski definition) is 1. The summed E-state index contributed by atoms with van der Waals surface area (Å²) in [6.45, 7) is 4.02. The fourth-order valence-corrected chi connectivity index (χ4v) is 2.04. The van der Waals surface area contributed by atoms with Gasteiger partial charge in [0.2, 0.25) is 5.95 Å². The third kappa shape index (κ3) is 2.03. The summed E-state index contributed by atoms with van der Waals surface area (Å²) in [6.07, 6.45) is 3.56. The zero-order valence-corrected chi connectivity index (χ0v) is 11.1. The molecule has 0 saturated heterocycles. The fourth-order valence-electron chi connectivity index (χ4n) is 2.04. The van der Waals surface area contributed by atoms with E-state index in [-0.39, 0.29) is 6.04 Å². The van der Waals surface area contributed by atoms with Gasteiger partial charge in [0.15, 0.2) is 11.5 Å². The second kappa shape index (κ2) is 4.34. The highest BCUT2D eigenvalue weighted by atomic mass is 15.4. The van der Waals surface area contributed by atoms with Gasteiger partial charge in [-0.2, -0.15) is 4.98 Å². The molecule has 0 amide bonds. The SMILES string of the molecule is Cc1cccn2nc(NC(C)c3nncn3C)nc12. The van der Waals surface area contributed by atoms with Crippen molar-refractivity contribution in [3.05, 3.63) is 36.0 Å². The molecular formula is C12H15N7. The molecule has 0 aliphatic rings. The van der Waals surface area contributed by atoms with Crippen molar-refractivity contribution in [2.75, 3.05) is 5.32 Å². The number of pyridine rings is 1. The quantitative estimate of drug-likeness (QED) is 0.766. The number of nitrogens with zero attached hydrogens (tertiary/aromatic N) is 6. The average Bonchev–Trinajstić information content (AvgIpc) is 2.95. The Bertz CT molecular complexity index is 712. The predicted molar refractivity (Wildman–Crippen MR) is 70.8 cm³/mol. The first kappa shape index (κ1) is 11.6. The van der Waals surface area contributed by atoms with Gasteiger partial charge in [0.05, 0.1) is 6.04 Å². The third-order valence-corrected chi connectivity index (χ3v) is 3.04. The number of rotatable bonds is 3. The molecule has 3 heterocycles. The predicted octanol–water partition coefficient (Wildman–Crippen LogP) is 1.34. The van der Waals surface area contributed by atoms with Crippen LogP contribution in [0.4, 0.5) is 5.95 Å². The van der Waals surface area contributed by atoms with E-state index in [4.69, 9.17) is 0 Å². The van der Waals surface area contributed by atoms with Gasteiger partial charge in [-0.1, -0.05) is 6.07 Å². The molecule has 3 rings (SSSR count). The molecule has 0 aliphatic heterocycles. The molecule has 0 aromatic carbocycles. The van der Waals surface area contributed by atoms with Gasteiger partial charge in [0.1, 0.15) is 6.33 Å². The van der Waals surface area contributed by atoms with Crippen LogP contribution in [0.5, 0.6) is 0 Å². The Morgan fingerprint density at radius 3 is 2.89 bits per heavy atom. The van der Waals surface area contributed by atoms with Crippen molar-refractivity contribution in [1.29, 1.82) is 0 Å². The molecule has 0 saturated carbocycles. The zero-order chi connectivity index (χ0) is 13.4.